The highest BCUT2D eigenvalue weighted by molar-refractivity contribution is 5.47. The molecule has 0 saturated carbocycles. The molecule has 0 spiro atoms. The number of nitrogens with zero attached hydrogens (tertiary/aromatic N) is 3. The molecule has 0 atom stereocenters. The Morgan fingerprint density at radius 2 is 2.12 bits per heavy atom. The monoisotopic (exact) mass is 230 g/mol. The summed E-state index contributed by atoms with van der Waals surface area (Å²) in [7, 11) is 0. The maximum Gasteiger partial charge on any atom is 0.0664 e. The van der Waals surface area contributed by atoms with E-state index in [1.807, 2.05) is 11.4 Å². The Kier molecular flexibility index (Phi) is 2.82. The van der Waals surface area contributed by atoms with Gasteiger partial charge in [0.1, 0.15) is 0 Å². The summed E-state index contributed by atoms with van der Waals surface area (Å²) < 4.78 is 1.98. The van der Waals surface area contributed by atoms with Gasteiger partial charge in [0.2, 0.25) is 0 Å². The predicted octanol–water partition coefficient (Wildman–Crippen LogP) is 1.05. The molecular formula is C13H18N4. The van der Waals surface area contributed by atoms with Crippen LogP contribution in [0.1, 0.15) is 11.3 Å². The van der Waals surface area contributed by atoms with Crippen LogP contribution in [-0.4, -0.2) is 40.7 Å². The van der Waals surface area contributed by atoms with Gasteiger partial charge >= 0.3 is 0 Å². The molecule has 0 radical (unpaired) electrons. The standard InChI is InChI=1S/C13H18N4/c1-11-8-13-3-2-12(10-17(13)15-11)9-16-6-4-14-5-7-16/h2-3,8,10,14H,4-7,9H2,1H3. The molecule has 2 aromatic rings. The van der Waals surface area contributed by atoms with Crippen molar-refractivity contribution in [3.05, 3.63) is 35.7 Å². The molecule has 0 aromatic carbocycles. The molecule has 1 fully saturated rings. The van der Waals surface area contributed by atoms with Crippen molar-refractivity contribution in [2.75, 3.05) is 26.2 Å². The number of hydrogen-bond donors (Lipinski definition) is 1. The SMILES string of the molecule is Cc1cc2ccc(CN3CCNCC3)cn2n1. The van der Waals surface area contributed by atoms with Crippen LogP contribution in [-0.2, 0) is 6.54 Å². The second-order valence-electron chi connectivity index (χ2n) is 4.72. The van der Waals surface area contributed by atoms with Gasteiger partial charge in [-0.1, -0.05) is 6.07 Å². The lowest BCUT2D eigenvalue weighted by atomic mass is 10.2. The summed E-state index contributed by atoms with van der Waals surface area (Å²) in [6.45, 7) is 7.53. The highest BCUT2D eigenvalue weighted by Crippen LogP contribution is 2.10. The van der Waals surface area contributed by atoms with Crippen LogP contribution >= 0.6 is 0 Å². The first-order chi connectivity index (χ1) is 8.31. The second kappa shape index (κ2) is 4.47. The Labute approximate surface area is 101 Å². The van der Waals surface area contributed by atoms with E-state index in [0.717, 1.165) is 38.4 Å². The minimum absolute atomic E-state index is 1.02. The molecule has 0 unspecified atom stereocenters. The van der Waals surface area contributed by atoms with Gasteiger partial charge in [0.25, 0.3) is 0 Å². The van der Waals surface area contributed by atoms with Crippen molar-refractivity contribution in [2.24, 2.45) is 0 Å². The highest BCUT2D eigenvalue weighted by atomic mass is 15.2. The van der Waals surface area contributed by atoms with Gasteiger partial charge in [0.15, 0.2) is 0 Å². The van der Waals surface area contributed by atoms with Crippen LogP contribution in [0.15, 0.2) is 24.4 Å². The highest BCUT2D eigenvalue weighted by Gasteiger charge is 2.10. The average Bonchev–Trinajstić information content (AvgIpc) is 2.70. The molecule has 3 rings (SSSR count). The first-order valence-electron chi connectivity index (χ1n) is 6.19. The van der Waals surface area contributed by atoms with Crippen molar-refractivity contribution in [3.8, 4) is 0 Å². The molecule has 1 N–H and O–H groups in total. The lowest BCUT2D eigenvalue weighted by Gasteiger charge is -2.27. The quantitative estimate of drug-likeness (QED) is 0.837. The Morgan fingerprint density at radius 3 is 2.94 bits per heavy atom. The molecule has 1 aliphatic rings. The zero-order chi connectivity index (χ0) is 11.7. The maximum absolute atomic E-state index is 4.45. The van der Waals surface area contributed by atoms with Crippen molar-refractivity contribution in [2.45, 2.75) is 13.5 Å². The summed E-state index contributed by atoms with van der Waals surface area (Å²) >= 11 is 0. The molecular weight excluding hydrogens is 212 g/mol. The first kappa shape index (κ1) is 10.7. The number of fused-ring (bicyclic) bond motifs is 1. The van der Waals surface area contributed by atoms with Crippen molar-refractivity contribution in [3.63, 3.8) is 0 Å². The van der Waals surface area contributed by atoms with E-state index in [-0.39, 0.29) is 0 Å². The van der Waals surface area contributed by atoms with Gasteiger partial charge < -0.3 is 5.32 Å². The normalized spacial score (nSPS) is 17.7. The number of aromatic nitrogens is 2. The van der Waals surface area contributed by atoms with Gasteiger partial charge in [-0.05, 0) is 24.6 Å². The number of piperazine rings is 1. The number of nitrogens with one attached hydrogen (secondary N) is 1. The minimum atomic E-state index is 1.02. The van der Waals surface area contributed by atoms with Crippen LogP contribution in [0.4, 0.5) is 0 Å². The van der Waals surface area contributed by atoms with E-state index < -0.39 is 0 Å². The maximum atomic E-state index is 4.45. The summed E-state index contributed by atoms with van der Waals surface area (Å²) in [6.07, 6.45) is 2.14. The van der Waals surface area contributed by atoms with Crippen molar-refractivity contribution in [1.29, 1.82) is 0 Å². The Balaban J connectivity index is 1.79. The van der Waals surface area contributed by atoms with Crippen LogP contribution in [0.25, 0.3) is 5.52 Å². The first-order valence-corrected chi connectivity index (χ1v) is 6.19. The largest absolute Gasteiger partial charge is 0.314 e. The van der Waals surface area contributed by atoms with Crippen LogP contribution < -0.4 is 5.32 Å². The molecule has 0 amide bonds. The predicted molar refractivity (Wildman–Crippen MR) is 68.1 cm³/mol. The van der Waals surface area contributed by atoms with Gasteiger partial charge in [0.05, 0.1) is 11.2 Å². The van der Waals surface area contributed by atoms with E-state index in [1.54, 1.807) is 0 Å². The molecule has 4 nitrogen and oxygen atoms in total. The van der Waals surface area contributed by atoms with E-state index in [9.17, 15) is 0 Å². The van der Waals surface area contributed by atoms with E-state index in [4.69, 9.17) is 0 Å². The summed E-state index contributed by atoms with van der Waals surface area (Å²) in [5.74, 6) is 0. The van der Waals surface area contributed by atoms with Gasteiger partial charge in [-0.3, -0.25) is 4.90 Å². The number of aryl methyl sites for hydroxylation is 1. The Morgan fingerprint density at radius 1 is 1.29 bits per heavy atom. The van der Waals surface area contributed by atoms with Gasteiger partial charge in [0, 0.05) is 38.9 Å². The molecule has 17 heavy (non-hydrogen) atoms. The van der Waals surface area contributed by atoms with Gasteiger partial charge in [-0.15, -0.1) is 0 Å². The fourth-order valence-electron chi connectivity index (χ4n) is 2.38. The number of hydrogen-bond acceptors (Lipinski definition) is 3. The Hall–Kier alpha value is -1.39. The van der Waals surface area contributed by atoms with Crippen LogP contribution in [0.5, 0.6) is 0 Å². The molecule has 90 valence electrons. The molecule has 1 saturated heterocycles. The smallest absolute Gasteiger partial charge is 0.0664 e. The molecule has 3 heterocycles. The van der Waals surface area contributed by atoms with E-state index in [1.165, 1.54) is 11.1 Å². The Bertz CT molecular complexity index is 511. The third-order valence-electron chi connectivity index (χ3n) is 3.26. The molecule has 2 aromatic heterocycles. The second-order valence-corrected chi connectivity index (χ2v) is 4.72. The lowest BCUT2D eigenvalue weighted by Crippen LogP contribution is -2.42. The average molecular weight is 230 g/mol. The number of pyridine rings is 1. The van der Waals surface area contributed by atoms with E-state index >= 15 is 0 Å². The zero-order valence-electron chi connectivity index (χ0n) is 10.2. The van der Waals surface area contributed by atoms with Crippen LogP contribution in [0.3, 0.4) is 0 Å². The molecule has 1 aliphatic heterocycles. The van der Waals surface area contributed by atoms with Crippen LogP contribution in [0, 0.1) is 6.92 Å². The lowest BCUT2D eigenvalue weighted by molar-refractivity contribution is 0.233. The van der Waals surface area contributed by atoms with E-state index in [2.05, 4.69) is 39.7 Å². The molecule has 0 bridgehead atoms. The fraction of sp³-hybridized carbons (Fsp3) is 0.462. The third-order valence-corrected chi connectivity index (χ3v) is 3.26. The minimum Gasteiger partial charge on any atom is -0.314 e. The van der Waals surface area contributed by atoms with Gasteiger partial charge in [-0.25, -0.2) is 4.52 Å². The van der Waals surface area contributed by atoms with Gasteiger partial charge in [-0.2, -0.15) is 5.10 Å². The van der Waals surface area contributed by atoms with Crippen LogP contribution in [0.2, 0.25) is 0 Å². The van der Waals surface area contributed by atoms with Crippen molar-refractivity contribution >= 4 is 5.52 Å². The third kappa shape index (κ3) is 2.33. The van der Waals surface area contributed by atoms with E-state index in [0.29, 0.717) is 0 Å². The summed E-state index contributed by atoms with van der Waals surface area (Å²) in [6, 6.07) is 6.46. The summed E-state index contributed by atoms with van der Waals surface area (Å²) in [5.41, 5.74) is 3.58. The summed E-state index contributed by atoms with van der Waals surface area (Å²) in [4.78, 5) is 2.48. The van der Waals surface area contributed by atoms with Crippen molar-refractivity contribution in [1.82, 2.24) is 19.8 Å². The summed E-state index contributed by atoms with van der Waals surface area (Å²) in [5, 5.41) is 7.83. The number of rotatable bonds is 2. The van der Waals surface area contributed by atoms with Crippen molar-refractivity contribution < 1.29 is 0 Å². The topological polar surface area (TPSA) is 32.6 Å². The zero-order valence-corrected chi connectivity index (χ0v) is 10.2. The fourth-order valence-corrected chi connectivity index (χ4v) is 2.38. The molecule has 4 heteroatoms. The molecule has 0 aliphatic carbocycles.